The number of ether oxygens (including phenoxy) is 1. The Kier molecular flexibility index (Phi) is 4.82. The fourth-order valence-electron chi connectivity index (χ4n) is 3.72. The van der Waals surface area contributed by atoms with Crippen LogP contribution in [0.5, 0.6) is 0 Å². The van der Waals surface area contributed by atoms with Crippen LogP contribution in [0.4, 0.5) is 0 Å². The Labute approximate surface area is 168 Å². The molecule has 2 aromatic carbocycles. The van der Waals surface area contributed by atoms with E-state index in [4.69, 9.17) is 9.15 Å². The van der Waals surface area contributed by atoms with Crippen molar-refractivity contribution >= 4 is 43.5 Å². The van der Waals surface area contributed by atoms with Crippen molar-refractivity contribution < 1.29 is 27.2 Å². The van der Waals surface area contributed by atoms with Crippen LogP contribution in [0.25, 0.3) is 21.7 Å². The highest BCUT2D eigenvalue weighted by molar-refractivity contribution is 7.91. The molecular formula is C21H21NO6S. The second kappa shape index (κ2) is 7.18. The van der Waals surface area contributed by atoms with Gasteiger partial charge in [-0.2, -0.15) is 0 Å². The predicted molar refractivity (Wildman–Crippen MR) is 109 cm³/mol. The van der Waals surface area contributed by atoms with Gasteiger partial charge in [0.2, 0.25) is 5.76 Å². The molecule has 3 aromatic rings. The summed E-state index contributed by atoms with van der Waals surface area (Å²) in [7, 11) is -1.58. The summed E-state index contributed by atoms with van der Waals surface area (Å²) in [6.07, 6.45) is 0.397. The molecular weight excluding hydrogens is 394 g/mol. The standard InChI is InChI=1S/C21H21NO6S/c1-13-16-8-7-14-5-3-4-6-17(14)20(16)28-19(13)21(24)27-11-18(23)22(2)15-9-10-29(25,26)12-15/h3-8,15H,9-12H2,1-2H3. The Hall–Kier alpha value is -2.87. The highest BCUT2D eigenvalue weighted by atomic mass is 32.2. The van der Waals surface area contributed by atoms with Gasteiger partial charge in [-0.1, -0.05) is 36.4 Å². The summed E-state index contributed by atoms with van der Waals surface area (Å²) >= 11 is 0. The smallest absolute Gasteiger partial charge is 0.375 e. The number of furan rings is 1. The highest BCUT2D eigenvalue weighted by Crippen LogP contribution is 2.32. The molecule has 0 bridgehead atoms. The number of sulfone groups is 1. The van der Waals surface area contributed by atoms with Crippen LogP contribution in [0.3, 0.4) is 0 Å². The quantitative estimate of drug-likeness (QED) is 0.608. The number of rotatable bonds is 4. The van der Waals surface area contributed by atoms with E-state index >= 15 is 0 Å². The number of amides is 1. The zero-order valence-electron chi connectivity index (χ0n) is 16.2. The summed E-state index contributed by atoms with van der Waals surface area (Å²) in [6, 6.07) is 11.2. The summed E-state index contributed by atoms with van der Waals surface area (Å²) in [5, 5.41) is 2.71. The van der Waals surface area contributed by atoms with E-state index in [2.05, 4.69) is 0 Å². The summed E-state index contributed by atoms with van der Waals surface area (Å²) in [6.45, 7) is 1.30. The number of nitrogens with zero attached hydrogens (tertiary/aromatic N) is 1. The van der Waals surface area contributed by atoms with Crippen LogP contribution in [0, 0.1) is 6.92 Å². The lowest BCUT2D eigenvalue weighted by Gasteiger charge is -2.23. The van der Waals surface area contributed by atoms with E-state index in [0.29, 0.717) is 17.6 Å². The number of carbonyl (C=O) groups is 2. The van der Waals surface area contributed by atoms with Crippen molar-refractivity contribution in [3.63, 3.8) is 0 Å². The molecule has 7 nitrogen and oxygen atoms in total. The third kappa shape index (κ3) is 3.60. The SMILES string of the molecule is Cc1c(C(=O)OCC(=O)N(C)C2CCS(=O)(=O)C2)oc2c1ccc1ccccc12. The van der Waals surface area contributed by atoms with E-state index in [9.17, 15) is 18.0 Å². The zero-order chi connectivity index (χ0) is 20.8. The van der Waals surface area contributed by atoms with E-state index < -0.39 is 28.3 Å². The molecule has 29 heavy (non-hydrogen) atoms. The van der Waals surface area contributed by atoms with Gasteiger partial charge in [0.15, 0.2) is 16.4 Å². The molecule has 1 amide bonds. The van der Waals surface area contributed by atoms with Crippen molar-refractivity contribution in [1.29, 1.82) is 0 Å². The summed E-state index contributed by atoms with van der Waals surface area (Å²) in [4.78, 5) is 26.2. The molecule has 0 N–H and O–H groups in total. The number of likely N-dealkylation sites (N-methyl/N-ethyl adjacent to an activating group) is 1. The van der Waals surface area contributed by atoms with Crippen molar-refractivity contribution in [3.05, 3.63) is 47.7 Å². The second-order valence-electron chi connectivity index (χ2n) is 7.36. The molecule has 1 unspecified atom stereocenters. The predicted octanol–water partition coefficient (Wildman–Crippen LogP) is 2.70. The molecule has 4 rings (SSSR count). The molecule has 1 fully saturated rings. The molecule has 1 aliphatic rings. The maximum absolute atomic E-state index is 12.5. The molecule has 2 heterocycles. The summed E-state index contributed by atoms with van der Waals surface area (Å²) in [5.41, 5.74) is 1.26. The zero-order valence-corrected chi connectivity index (χ0v) is 17.0. The Bertz CT molecular complexity index is 1230. The fourth-order valence-corrected chi connectivity index (χ4v) is 5.50. The van der Waals surface area contributed by atoms with Crippen LogP contribution in [-0.4, -0.2) is 56.4 Å². The molecule has 0 spiro atoms. The molecule has 1 aromatic heterocycles. The number of hydrogen-bond donors (Lipinski definition) is 0. The number of esters is 1. The van der Waals surface area contributed by atoms with Crippen molar-refractivity contribution in [1.82, 2.24) is 4.90 Å². The Morgan fingerprint density at radius 3 is 2.66 bits per heavy atom. The van der Waals surface area contributed by atoms with Gasteiger partial charge in [-0.25, -0.2) is 13.2 Å². The van der Waals surface area contributed by atoms with E-state index in [1.165, 1.54) is 11.9 Å². The van der Waals surface area contributed by atoms with Crippen LogP contribution < -0.4 is 0 Å². The van der Waals surface area contributed by atoms with Crippen molar-refractivity contribution in [2.24, 2.45) is 0 Å². The molecule has 8 heteroatoms. The first-order chi connectivity index (χ1) is 13.8. The van der Waals surface area contributed by atoms with Gasteiger partial charge >= 0.3 is 5.97 Å². The van der Waals surface area contributed by atoms with Crippen LogP contribution in [0.2, 0.25) is 0 Å². The minimum atomic E-state index is -3.10. The van der Waals surface area contributed by atoms with E-state index in [0.717, 1.165) is 16.2 Å². The molecule has 0 saturated carbocycles. The lowest BCUT2D eigenvalue weighted by Crippen LogP contribution is -2.40. The largest absolute Gasteiger partial charge is 0.450 e. The number of aryl methyl sites for hydroxylation is 1. The van der Waals surface area contributed by atoms with Gasteiger partial charge in [0.25, 0.3) is 5.91 Å². The van der Waals surface area contributed by atoms with Gasteiger partial charge < -0.3 is 14.1 Å². The van der Waals surface area contributed by atoms with Crippen LogP contribution in [0.15, 0.2) is 40.8 Å². The number of carbonyl (C=O) groups excluding carboxylic acids is 2. The molecule has 0 aliphatic carbocycles. The van der Waals surface area contributed by atoms with Crippen molar-refractivity contribution in [3.8, 4) is 0 Å². The van der Waals surface area contributed by atoms with Crippen molar-refractivity contribution in [2.75, 3.05) is 25.2 Å². The first kappa shape index (κ1) is 19.4. The number of fused-ring (bicyclic) bond motifs is 3. The Morgan fingerprint density at radius 1 is 1.17 bits per heavy atom. The van der Waals surface area contributed by atoms with E-state index in [-0.39, 0.29) is 23.3 Å². The lowest BCUT2D eigenvalue weighted by molar-refractivity contribution is -0.134. The molecule has 0 radical (unpaired) electrons. The van der Waals surface area contributed by atoms with Crippen molar-refractivity contribution in [2.45, 2.75) is 19.4 Å². The second-order valence-corrected chi connectivity index (χ2v) is 9.59. The first-order valence-corrected chi connectivity index (χ1v) is 11.1. The topological polar surface area (TPSA) is 93.9 Å². The van der Waals surface area contributed by atoms with E-state index in [1.54, 1.807) is 6.92 Å². The molecule has 1 atom stereocenters. The van der Waals surface area contributed by atoms with Gasteiger partial charge in [0.05, 0.1) is 11.5 Å². The summed E-state index contributed by atoms with van der Waals surface area (Å²) < 4.78 is 34.2. The third-order valence-electron chi connectivity index (χ3n) is 5.49. The molecule has 1 saturated heterocycles. The third-order valence-corrected chi connectivity index (χ3v) is 7.24. The lowest BCUT2D eigenvalue weighted by atomic mass is 10.1. The fraction of sp³-hybridized carbons (Fsp3) is 0.333. The van der Waals surface area contributed by atoms with Gasteiger partial charge in [0.1, 0.15) is 5.58 Å². The monoisotopic (exact) mass is 415 g/mol. The Balaban J connectivity index is 1.50. The minimum Gasteiger partial charge on any atom is -0.450 e. The first-order valence-electron chi connectivity index (χ1n) is 9.31. The minimum absolute atomic E-state index is 0.0566. The number of benzene rings is 2. The molecule has 152 valence electrons. The van der Waals surface area contributed by atoms with Crippen LogP contribution >= 0.6 is 0 Å². The normalized spacial score (nSPS) is 18.2. The van der Waals surface area contributed by atoms with Crippen LogP contribution in [-0.2, 0) is 19.4 Å². The summed E-state index contributed by atoms with van der Waals surface area (Å²) in [5.74, 6) is -1.08. The van der Waals surface area contributed by atoms with Crippen LogP contribution in [0.1, 0.15) is 22.5 Å². The number of hydrogen-bond acceptors (Lipinski definition) is 6. The maximum atomic E-state index is 12.5. The average Bonchev–Trinajstić information content (AvgIpc) is 3.24. The average molecular weight is 415 g/mol. The molecule has 1 aliphatic heterocycles. The Morgan fingerprint density at radius 2 is 1.93 bits per heavy atom. The van der Waals surface area contributed by atoms with E-state index in [1.807, 2.05) is 36.4 Å². The van der Waals surface area contributed by atoms with Gasteiger partial charge in [-0.15, -0.1) is 0 Å². The highest BCUT2D eigenvalue weighted by Gasteiger charge is 2.33. The van der Waals surface area contributed by atoms with Gasteiger partial charge in [-0.3, -0.25) is 4.79 Å². The van der Waals surface area contributed by atoms with Gasteiger partial charge in [0, 0.05) is 29.4 Å². The maximum Gasteiger partial charge on any atom is 0.375 e. The van der Waals surface area contributed by atoms with Gasteiger partial charge in [-0.05, 0) is 18.7 Å².